The summed E-state index contributed by atoms with van der Waals surface area (Å²) in [4.78, 5) is 0. The molecular weight excluding hydrogens is 332 g/mol. The highest BCUT2D eigenvalue weighted by atomic mass is 16.5. The minimum atomic E-state index is 0.0137. The largest absolute Gasteiger partial charge is 0.489 e. The lowest BCUT2D eigenvalue weighted by molar-refractivity contribution is 0.123. The van der Waals surface area contributed by atoms with E-state index in [0.29, 0.717) is 6.61 Å². The lowest BCUT2D eigenvalue weighted by Gasteiger charge is -2.21. The predicted octanol–water partition coefficient (Wildman–Crippen LogP) is 6.62. The molecule has 0 saturated heterocycles. The SMILES string of the molecule is CCCC(COc1cccc2ccccc12)Oc1cccc2ccccc12. The first kappa shape index (κ1) is 17.4. The minimum absolute atomic E-state index is 0.0137. The van der Waals surface area contributed by atoms with Gasteiger partial charge in [-0.2, -0.15) is 0 Å². The molecule has 1 atom stereocenters. The van der Waals surface area contributed by atoms with Gasteiger partial charge in [-0.25, -0.2) is 0 Å². The zero-order valence-corrected chi connectivity index (χ0v) is 15.6. The van der Waals surface area contributed by atoms with Gasteiger partial charge in [0, 0.05) is 10.8 Å². The second-order valence-electron chi connectivity index (χ2n) is 6.79. The summed E-state index contributed by atoms with van der Waals surface area (Å²) in [7, 11) is 0. The number of ether oxygens (including phenoxy) is 2. The Morgan fingerprint density at radius 3 is 1.89 bits per heavy atom. The summed E-state index contributed by atoms with van der Waals surface area (Å²) in [6.45, 7) is 2.71. The van der Waals surface area contributed by atoms with Crippen molar-refractivity contribution in [1.29, 1.82) is 0 Å². The second kappa shape index (κ2) is 8.13. The fourth-order valence-electron chi connectivity index (χ4n) is 3.48. The highest BCUT2D eigenvalue weighted by Crippen LogP contribution is 2.28. The third-order valence-electron chi connectivity index (χ3n) is 4.83. The van der Waals surface area contributed by atoms with Crippen molar-refractivity contribution in [3.63, 3.8) is 0 Å². The number of hydrogen-bond acceptors (Lipinski definition) is 2. The van der Waals surface area contributed by atoms with E-state index >= 15 is 0 Å². The van der Waals surface area contributed by atoms with Crippen LogP contribution in [0.15, 0.2) is 84.9 Å². The van der Waals surface area contributed by atoms with Crippen molar-refractivity contribution >= 4 is 21.5 Å². The summed E-state index contributed by atoms with van der Waals surface area (Å²) in [5.41, 5.74) is 0. The number of hydrogen-bond donors (Lipinski definition) is 0. The van der Waals surface area contributed by atoms with E-state index in [2.05, 4.69) is 61.5 Å². The number of rotatable bonds is 7. The first-order valence-electron chi connectivity index (χ1n) is 9.60. The highest BCUT2D eigenvalue weighted by Gasteiger charge is 2.13. The van der Waals surface area contributed by atoms with Crippen LogP contribution in [0.5, 0.6) is 11.5 Å². The predicted molar refractivity (Wildman–Crippen MR) is 113 cm³/mol. The highest BCUT2D eigenvalue weighted by molar-refractivity contribution is 5.89. The molecule has 0 radical (unpaired) electrons. The molecule has 2 heteroatoms. The van der Waals surface area contributed by atoms with Crippen LogP contribution in [0, 0.1) is 0 Å². The van der Waals surface area contributed by atoms with Crippen LogP contribution in [0.25, 0.3) is 21.5 Å². The van der Waals surface area contributed by atoms with Crippen LogP contribution < -0.4 is 9.47 Å². The average molecular weight is 356 g/mol. The van der Waals surface area contributed by atoms with Crippen molar-refractivity contribution in [1.82, 2.24) is 0 Å². The summed E-state index contributed by atoms with van der Waals surface area (Å²) >= 11 is 0. The summed E-state index contributed by atoms with van der Waals surface area (Å²) in [6, 6.07) is 29.0. The van der Waals surface area contributed by atoms with Gasteiger partial charge in [0.15, 0.2) is 0 Å². The van der Waals surface area contributed by atoms with E-state index in [1.54, 1.807) is 0 Å². The summed E-state index contributed by atoms with van der Waals surface area (Å²) in [5, 5.41) is 4.67. The Morgan fingerprint density at radius 2 is 1.22 bits per heavy atom. The molecule has 27 heavy (non-hydrogen) atoms. The molecule has 0 bridgehead atoms. The van der Waals surface area contributed by atoms with Gasteiger partial charge >= 0.3 is 0 Å². The van der Waals surface area contributed by atoms with E-state index in [1.165, 1.54) is 10.8 Å². The van der Waals surface area contributed by atoms with Gasteiger partial charge in [-0.05, 0) is 29.3 Å². The summed E-state index contributed by atoms with van der Waals surface area (Å²) < 4.78 is 12.6. The molecule has 136 valence electrons. The van der Waals surface area contributed by atoms with Crippen molar-refractivity contribution in [3.8, 4) is 11.5 Å². The van der Waals surface area contributed by atoms with E-state index in [-0.39, 0.29) is 6.10 Å². The molecule has 0 saturated carbocycles. The topological polar surface area (TPSA) is 18.5 Å². The fourth-order valence-corrected chi connectivity index (χ4v) is 3.48. The van der Waals surface area contributed by atoms with E-state index in [4.69, 9.17) is 9.47 Å². The normalized spacial score (nSPS) is 12.2. The zero-order valence-electron chi connectivity index (χ0n) is 15.6. The Balaban J connectivity index is 1.54. The lowest BCUT2D eigenvalue weighted by atomic mass is 10.1. The third-order valence-corrected chi connectivity index (χ3v) is 4.83. The molecule has 0 amide bonds. The van der Waals surface area contributed by atoms with Gasteiger partial charge in [0.25, 0.3) is 0 Å². The van der Waals surface area contributed by atoms with E-state index in [9.17, 15) is 0 Å². The van der Waals surface area contributed by atoms with Crippen molar-refractivity contribution in [2.75, 3.05) is 6.61 Å². The van der Waals surface area contributed by atoms with Gasteiger partial charge in [-0.3, -0.25) is 0 Å². The van der Waals surface area contributed by atoms with Crippen LogP contribution >= 0.6 is 0 Å². The Kier molecular flexibility index (Phi) is 5.24. The van der Waals surface area contributed by atoms with Gasteiger partial charge in [0.1, 0.15) is 24.2 Å². The molecule has 0 aliphatic carbocycles. The summed E-state index contributed by atoms with van der Waals surface area (Å²) in [5.74, 6) is 1.84. The van der Waals surface area contributed by atoms with Crippen molar-refractivity contribution in [3.05, 3.63) is 84.9 Å². The first-order valence-corrected chi connectivity index (χ1v) is 9.60. The molecule has 4 aromatic rings. The van der Waals surface area contributed by atoms with Crippen LogP contribution in [0.1, 0.15) is 19.8 Å². The molecular formula is C25H24O2. The molecule has 0 heterocycles. The van der Waals surface area contributed by atoms with Gasteiger partial charge in [-0.1, -0.05) is 86.1 Å². The Labute approximate surface area is 160 Å². The van der Waals surface area contributed by atoms with Gasteiger partial charge in [0.2, 0.25) is 0 Å². The maximum Gasteiger partial charge on any atom is 0.133 e. The Bertz CT molecular complexity index is 1030. The van der Waals surface area contributed by atoms with E-state index in [1.807, 2.05) is 30.3 Å². The minimum Gasteiger partial charge on any atom is -0.489 e. The number of fused-ring (bicyclic) bond motifs is 2. The zero-order chi connectivity index (χ0) is 18.5. The molecule has 0 spiro atoms. The molecule has 4 rings (SSSR count). The second-order valence-corrected chi connectivity index (χ2v) is 6.79. The molecule has 0 aliphatic heterocycles. The van der Waals surface area contributed by atoms with Gasteiger partial charge in [-0.15, -0.1) is 0 Å². The quantitative estimate of drug-likeness (QED) is 0.370. The lowest BCUT2D eigenvalue weighted by Crippen LogP contribution is -2.24. The average Bonchev–Trinajstić information content (AvgIpc) is 2.72. The maximum absolute atomic E-state index is 6.38. The van der Waals surface area contributed by atoms with Crippen molar-refractivity contribution in [2.45, 2.75) is 25.9 Å². The van der Waals surface area contributed by atoms with Crippen LogP contribution in [0.3, 0.4) is 0 Å². The third kappa shape index (κ3) is 3.90. The Morgan fingerprint density at radius 1 is 0.667 bits per heavy atom. The molecule has 0 N–H and O–H groups in total. The first-order chi connectivity index (χ1) is 13.3. The molecule has 0 aromatic heterocycles. The monoisotopic (exact) mass is 356 g/mol. The molecule has 0 aliphatic rings. The van der Waals surface area contributed by atoms with Gasteiger partial charge in [0.05, 0.1) is 0 Å². The fraction of sp³-hybridized carbons (Fsp3) is 0.200. The van der Waals surface area contributed by atoms with Crippen molar-refractivity contribution < 1.29 is 9.47 Å². The molecule has 2 nitrogen and oxygen atoms in total. The molecule has 1 unspecified atom stereocenters. The van der Waals surface area contributed by atoms with Crippen molar-refractivity contribution in [2.24, 2.45) is 0 Å². The van der Waals surface area contributed by atoms with Crippen LogP contribution in [-0.4, -0.2) is 12.7 Å². The van der Waals surface area contributed by atoms with Crippen LogP contribution in [0.2, 0.25) is 0 Å². The van der Waals surface area contributed by atoms with Crippen LogP contribution in [0.4, 0.5) is 0 Å². The molecule has 4 aromatic carbocycles. The maximum atomic E-state index is 6.38. The van der Waals surface area contributed by atoms with Crippen LogP contribution in [-0.2, 0) is 0 Å². The van der Waals surface area contributed by atoms with E-state index < -0.39 is 0 Å². The number of benzene rings is 4. The molecule has 0 fully saturated rings. The standard InChI is InChI=1S/C25H24O2/c1-2-9-21(27-25-17-8-13-20-11-4-6-15-23(20)25)18-26-24-16-7-12-19-10-3-5-14-22(19)24/h3-8,10-17,21H,2,9,18H2,1H3. The van der Waals surface area contributed by atoms with Gasteiger partial charge < -0.3 is 9.47 Å². The Hall–Kier alpha value is -3.00. The smallest absolute Gasteiger partial charge is 0.133 e. The van der Waals surface area contributed by atoms with E-state index in [0.717, 1.165) is 35.1 Å². The summed E-state index contributed by atoms with van der Waals surface area (Å²) in [6.07, 6.45) is 2.02.